The Morgan fingerprint density at radius 1 is 1.37 bits per heavy atom. The highest BCUT2D eigenvalue weighted by Crippen LogP contribution is 2.29. The maximum absolute atomic E-state index is 9.65. The Hall–Kier alpha value is -1.46. The van der Waals surface area contributed by atoms with Crippen molar-refractivity contribution in [1.29, 1.82) is 0 Å². The fraction of sp³-hybridized carbons (Fsp3) is 0.429. The smallest absolute Gasteiger partial charge is 0.185 e. The largest absolute Gasteiger partial charge is 0.388 e. The molecule has 2 rings (SSSR count). The van der Waals surface area contributed by atoms with Gasteiger partial charge in [-0.25, -0.2) is 4.98 Å². The van der Waals surface area contributed by atoms with E-state index in [0.717, 1.165) is 28.7 Å². The first-order valence-corrected chi connectivity index (χ1v) is 7.15. The zero-order valence-electron chi connectivity index (χ0n) is 11.5. The van der Waals surface area contributed by atoms with Crippen molar-refractivity contribution in [2.45, 2.75) is 26.4 Å². The van der Waals surface area contributed by atoms with Crippen LogP contribution in [0.15, 0.2) is 24.5 Å². The van der Waals surface area contributed by atoms with Gasteiger partial charge in [0.2, 0.25) is 0 Å². The highest BCUT2D eigenvalue weighted by atomic mass is 32.1. The van der Waals surface area contributed by atoms with Gasteiger partial charge in [-0.3, -0.25) is 4.98 Å². The molecule has 0 spiro atoms. The van der Waals surface area contributed by atoms with Crippen molar-refractivity contribution in [1.82, 2.24) is 9.97 Å². The number of hydrogen-bond acceptors (Lipinski definition) is 5. The zero-order chi connectivity index (χ0) is 13.8. The van der Waals surface area contributed by atoms with Gasteiger partial charge < -0.3 is 10.0 Å². The number of nitrogens with zero attached hydrogens (tertiary/aromatic N) is 3. The van der Waals surface area contributed by atoms with Crippen LogP contribution in [-0.2, 0) is 6.42 Å². The summed E-state index contributed by atoms with van der Waals surface area (Å²) >= 11 is 1.56. The van der Waals surface area contributed by atoms with E-state index in [2.05, 4.69) is 14.9 Å². The lowest BCUT2D eigenvalue weighted by atomic mass is 10.2. The fourth-order valence-corrected chi connectivity index (χ4v) is 2.88. The van der Waals surface area contributed by atoms with Crippen LogP contribution in [0.3, 0.4) is 0 Å². The first kappa shape index (κ1) is 14.0. The van der Waals surface area contributed by atoms with Crippen molar-refractivity contribution in [2.24, 2.45) is 0 Å². The Labute approximate surface area is 117 Å². The molecule has 0 fully saturated rings. The molecule has 4 nitrogen and oxygen atoms in total. The molecule has 0 aliphatic heterocycles. The van der Waals surface area contributed by atoms with Crippen LogP contribution in [0.5, 0.6) is 0 Å². The summed E-state index contributed by atoms with van der Waals surface area (Å²) in [6, 6.07) is 4.06. The number of hydrogen-bond donors (Lipinski definition) is 1. The van der Waals surface area contributed by atoms with E-state index in [-0.39, 0.29) is 0 Å². The molecule has 0 radical (unpaired) electrons. The molecule has 19 heavy (non-hydrogen) atoms. The third kappa shape index (κ3) is 3.52. The van der Waals surface area contributed by atoms with Crippen LogP contribution in [0, 0.1) is 6.92 Å². The number of aliphatic hydroxyl groups excluding tert-OH is 1. The second-order valence-electron chi connectivity index (χ2n) is 4.65. The van der Waals surface area contributed by atoms with Gasteiger partial charge in [-0.05, 0) is 38.0 Å². The lowest BCUT2D eigenvalue weighted by molar-refractivity contribution is 0.202. The monoisotopic (exact) mass is 277 g/mol. The highest BCUT2D eigenvalue weighted by molar-refractivity contribution is 7.15. The van der Waals surface area contributed by atoms with Gasteiger partial charge in [0.15, 0.2) is 5.13 Å². The third-order valence-corrected chi connectivity index (χ3v) is 4.45. The molecule has 1 atom stereocenters. The van der Waals surface area contributed by atoms with E-state index < -0.39 is 6.10 Å². The van der Waals surface area contributed by atoms with E-state index in [1.807, 2.05) is 38.5 Å². The predicted molar refractivity (Wildman–Crippen MR) is 78.7 cm³/mol. The molecule has 0 aromatic carbocycles. The topological polar surface area (TPSA) is 49.2 Å². The summed E-state index contributed by atoms with van der Waals surface area (Å²) in [5.41, 5.74) is 2.19. The van der Waals surface area contributed by atoms with Crippen LogP contribution in [0.25, 0.3) is 0 Å². The second kappa shape index (κ2) is 6.12. The van der Waals surface area contributed by atoms with Crippen molar-refractivity contribution >= 4 is 16.5 Å². The summed E-state index contributed by atoms with van der Waals surface area (Å²) in [6.07, 6.45) is 4.14. The minimum absolute atomic E-state index is 0.445. The molecule has 5 heteroatoms. The Morgan fingerprint density at radius 3 is 2.63 bits per heavy atom. The van der Waals surface area contributed by atoms with Crippen molar-refractivity contribution in [2.75, 3.05) is 18.5 Å². The van der Waals surface area contributed by atoms with Gasteiger partial charge in [-0.2, -0.15) is 0 Å². The molecule has 102 valence electrons. The van der Waals surface area contributed by atoms with Gasteiger partial charge in [0, 0.05) is 26.0 Å². The van der Waals surface area contributed by atoms with Crippen molar-refractivity contribution in [3.05, 3.63) is 40.7 Å². The normalized spacial score (nSPS) is 12.4. The van der Waals surface area contributed by atoms with Crippen LogP contribution in [0.2, 0.25) is 0 Å². The lowest BCUT2D eigenvalue weighted by Crippen LogP contribution is -2.20. The molecular formula is C14H19N3OS. The molecular weight excluding hydrogens is 258 g/mol. The number of anilines is 1. The van der Waals surface area contributed by atoms with Crippen LogP contribution < -0.4 is 4.90 Å². The summed E-state index contributed by atoms with van der Waals surface area (Å²) in [7, 11) is 2.03. The minimum atomic E-state index is -0.445. The first-order valence-electron chi connectivity index (χ1n) is 6.33. The highest BCUT2D eigenvalue weighted by Gasteiger charge is 2.14. The van der Waals surface area contributed by atoms with Gasteiger partial charge >= 0.3 is 0 Å². The Kier molecular flexibility index (Phi) is 4.50. The molecule has 2 aromatic heterocycles. The van der Waals surface area contributed by atoms with E-state index in [9.17, 15) is 5.11 Å². The standard InChI is InChI=1S/C14H19N3OS/c1-10-13(11(2)18)19-14(16-10)17(3)9-6-12-4-7-15-8-5-12/h4-5,7-8,11,18H,6,9H2,1-3H3. The summed E-state index contributed by atoms with van der Waals surface area (Å²) in [5.74, 6) is 0. The maximum atomic E-state index is 9.65. The first-order chi connectivity index (χ1) is 9.08. The van der Waals surface area contributed by atoms with Crippen molar-refractivity contribution < 1.29 is 5.11 Å². The SMILES string of the molecule is Cc1nc(N(C)CCc2ccncc2)sc1C(C)O. The van der Waals surface area contributed by atoms with Gasteiger partial charge in [-0.15, -0.1) is 0 Å². The van der Waals surface area contributed by atoms with Crippen LogP contribution in [0.4, 0.5) is 5.13 Å². The number of pyridine rings is 1. The number of aryl methyl sites for hydroxylation is 1. The molecule has 0 aliphatic carbocycles. The molecule has 1 unspecified atom stereocenters. The molecule has 0 saturated heterocycles. The zero-order valence-corrected chi connectivity index (χ0v) is 12.3. The van der Waals surface area contributed by atoms with Crippen molar-refractivity contribution in [3.8, 4) is 0 Å². The predicted octanol–water partition coefficient (Wildman–Crippen LogP) is 2.58. The maximum Gasteiger partial charge on any atom is 0.185 e. The van der Waals surface area contributed by atoms with E-state index in [4.69, 9.17) is 0 Å². The van der Waals surface area contributed by atoms with Gasteiger partial charge in [0.05, 0.1) is 16.7 Å². The van der Waals surface area contributed by atoms with Crippen LogP contribution >= 0.6 is 11.3 Å². The molecule has 2 aromatic rings. The second-order valence-corrected chi connectivity index (χ2v) is 5.66. The van der Waals surface area contributed by atoms with Gasteiger partial charge in [0.1, 0.15) is 0 Å². The quantitative estimate of drug-likeness (QED) is 0.912. The molecule has 2 heterocycles. The van der Waals surface area contributed by atoms with Crippen molar-refractivity contribution in [3.63, 3.8) is 0 Å². The van der Waals surface area contributed by atoms with Crippen LogP contribution in [0.1, 0.15) is 29.2 Å². The average Bonchev–Trinajstić information content (AvgIpc) is 2.79. The number of thiazole rings is 1. The summed E-state index contributed by atoms with van der Waals surface area (Å²) in [6.45, 7) is 4.62. The Bertz CT molecular complexity index is 525. The molecule has 0 saturated carbocycles. The third-order valence-electron chi connectivity index (χ3n) is 3.01. The van der Waals surface area contributed by atoms with E-state index in [1.54, 1.807) is 18.3 Å². The Morgan fingerprint density at radius 2 is 2.05 bits per heavy atom. The van der Waals surface area contributed by atoms with Gasteiger partial charge in [0.25, 0.3) is 0 Å². The fourth-order valence-electron chi connectivity index (χ4n) is 1.89. The summed E-state index contributed by atoms with van der Waals surface area (Å²) in [4.78, 5) is 11.6. The molecule has 1 N–H and O–H groups in total. The Balaban J connectivity index is 2.00. The average molecular weight is 277 g/mol. The molecule has 0 aliphatic rings. The van der Waals surface area contributed by atoms with Gasteiger partial charge in [-0.1, -0.05) is 11.3 Å². The number of aromatic nitrogens is 2. The number of rotatable bonds is 5. The molecule has 0 bridgehead atoms. The number of likely N-dealkylation sites (N-methyl/N-ethyl adjacent to an activating group) is 1. The van der Waals surface area contributed by atoms with Crippen LogP contribution in [-0.4, -0.2) is 28.7 Å². The molecule has 0 amide bonds. The number of aliphatic hydroxyl groups is 1. The lowest BCUT2D eigenvalue weighted by Gasteiger charge is -2.15. The minimum Gasteiger partial charge on any atom is -0.388 e. The van der Waals surface area contributed by atoms with E-state index in [1.165, 1.54) is 5.56 Å². The van der Waals surface area contributed by atoms with E-state index in [0.29, 0.717) is 0 Å². The van der Waals surface area contributed by atoms with E-state index >= 15 is 0 Å². The summed E-state index contributed by atoms with van der Waals surface area (Å²) in [5, 5.41) is 10.6. The summed E-state index contributed by atoms with van der Waals surface area (Å²) < 4.78 is 0.